The Hall–Kier alpha value is -1.52. The molecule has 0 atom stereocenters. The number of amides is 2. The predicted octanol–water partition coefficient (Wildman–Crippen LogP) is 3.73. The Kier molecular flexibility index (Phi) is 6.06. The van der Waals surface area contributed by atoms with Gasteiger partial charge in [0.05, 0.1) is 6.54 Å². The highest BCUT2D eigenvalue weighted by atomic mass is 16.6. The summed E-state index contributed by atoms with van der Waals surface area (Å²) in [7, 11) is 0. The maximum atomic E-state index is 12.0. The summed E-state index contributed by atoms with van der Waals surface area (Å²) in [5.74, 6) is 0. The molecule has 0 heterocycles. The molecule has 5 heteroatoms. The Balaban J connectivity index is 4.90. The lowest BCUT2D eigenvalue weighted by Gasteiger charge is -2.28. The average Bonchev–Trinajstić information content (AvgIpc) is 2.12. The zero-order chi connectivity index (χ0) is 15.3. The third-order valence-electron chi connectivity index (χ3n) is 1.75. The molecule has 0 saturated carbocycles. The SMILES string of the molecule is C/C=C/CN(C(=O)OC(C)(C)C)C(=O)OC(C)(C)C. The van der Waals surface area contributed by atoms with E-state index in [0.717, 1.165) is 4.90 Å². The van der Waals surface area contributed by atoms with E-state index in [4.69, 9.17) is 9.47 Å². The molecule has 0 bridgehead atoms. The quantitative estimate of drug-likeness (QED) is 0.718. The number of carbonyl (C=O) groups is 2. The summed E-state index contributed by atoms with van der Waals surface area (Å²) in [4.78, 5) is 24.9. The third-order valence-corrected chi connectivity index (χ3v) is 1.75. The minimum absolute atomic E-state index is 0.125. The zero-order valence-corrected chi connectivity index (χ0v) is 12.9. The molecule has 0 N–H and O–H groups in total. The second kappa shape index (κ2) is 6.59. The van der Waals surface area contributed by atoms with Crippen molar-refractivity contribution in [3.63, 3.8) is 0 Å². The third kappa shape index (κ3) is 8.24. The standard InChI is InChI=1S/C14H25NO4/c1-8-9-10-15(11(16)18-13(2,3)4)12(17)19-14(5,6)7/h8-9H,10H2,1-7H3/b9-8+. The number of allylic oxidation sites excluding steroid dienone is 1. The van der Waals surface area contributed by atoms with Crippen LogP contribution in [0.1, 0.15) is 48.5 Å². The van der Waals surface area contributed by atoms with Crippen LogP contribution in [-0.4, -0.2) is 34.8 Å². The Morgan fingerprint density at radius 1 is 0.947 bits per heavy atom. The normalized spacial score (nSPS) is 12.4. The molecule has 19 heavy (non-hydrogen) atoms. The molecule has 0 unspecified atom stereocenters. The van der Waals surface area contributed by atoms with Gasteiger partial charge in [-0.3, -0.25) is 0 Å². The molecular formula is C14H25NO4. The van der Waals surface area contributed by atoms with E-state index in [1.165, 1.54) is 0 Å². The lowest BCUT2D eigenvalue weighted by Crippen LogP contribution is -2.43. The molecule has 0 spiro atoms. The zero-order valence-electron chi connectivity index (χ0n) is 12.9. The minimum atomic E-state index is -0.708. The number of carbonyl (C=O) groups excluding carboxylic acids is 2. The first-order valence-corrected chi connectivity index (χ1v) is 6.31. The number of rotatable bonds is 2. The lowest BCUT2D eigenvalue weighted by atomic mass is 10.2. The Labute approximate surface area is 115 Å². The van der Waals surface area contributed by atoms with Crippen molar-refractivity contribution >= 4 is 12.2 Å². The molecule has 0 aromatic carbocycles. The van der Waals surface area contributed by atoms with E-state index in [1.807, 2.05) is 6.92 Å². The van der Waals surface area contributed by atoms with Crippen LogP contribution in [0, 0.1) is 0 Å². The van der Waals surface area contributed by atoms with Gasteiger partial charge in [-0.25, -0.2) is 14.5 Å². The first-order chi connectivity index (χ1) is 8.46. The Morgan fingerprint density at radius 3 is 1.58 bits per heavy atom. The topological polar surface area (TPSA) is 55.8 Å². The summed E-state index contributed by atoms with van der Waals surface area (Å²) in [6.07, 6.45) is 2.02. The summed E-state index contributed by atoms with van der Waals surface area (Å²) >= 11 is 0. The fourth-order valence-electron chi connectivity index (χ4n) is 1.07. The van der Waals surface area contributed by atoms with E-state index in [2.05, 4.69) is 0 Å². The smallest absolute Gasteiger partial charge is 0.420 e. The molecule has 0 aromatic rings. The molecule has 5 nitrogen and oxygen atoms in total. The second-order valence-electron chi connectivity index (χ2n) is 6.14. The second-order valence-corrected chi connectivity index (χ2v) is 6.14. The maximum absolute atomic E-state index is 12.0. The van der Waals surface area contributed by atoms with Crippen LogP contribution < -0.4 is 0 Å². The van der Waals surface area contributed by atoms with E-state index in [9.17, 15) is 9.59 Å². The number of nitrogens with zero attached hydrogens (tertiary/aromatic N) is 1. The van der Waals surface area contributed by atoms with Crippen molar-refractivity contribution in [2.45, 2.75) is 59.7 Å². The van der Waals surface area contributed by atoms with Gasteiger partial charge >= 0.3 is 12.2 Å². The Morgan fingerprint density at radius 2 is 1.32 bits per heavy atom. The summed E-state index contributed by atoms with van der Waals surface area (Å²) in [5, 5.41) is 0. The van der Waals surface area contributed by atoms with E-state index in [1.54, 1.807) is 53.7 Å². The van der Waals surface area contributed by atoms with E-state index in [0.29, 0.717) is 0 Å². The number of ether oxygens (including phenoxy) is 2. The van der Waals surface area contributed by atoms with Gasteiger partial charge in [0, 0.05) is 0 Å². The van der Waals surface area contributed by atoms with Gasteiger partial charge in [-0.1, -0.05) is 12.2 Å². The molecular weight excluding hydrogens is 246 g/mol. The number of hydrogen-bond donors (Lipinski definition) is 0. The predicted molar refractivity (Wildman–Crippen MR) is 74.0 cm³/mol. The van der Waals surface area contributed by atoms with E-state index >= 15 is 0 Å². The number of imide groups is 1. The fourth-order valence-corrected chi connectivity index (χ4v) is 1.07. The van der Waals surface area contributed by atoms with Crippen LogP contribution in [0.15, 0.2) is 12.2 Å². The van der Waals surface area contributed by atoms with Gasteiger partial charge in [0.2, 0.25) is 0 Å². The lowest BCUT2D eigenvalue weighted by molar-refractivity contribution is 0.00374. The summed E-state index contributed by atoms with van der Waals surface area (Å²) < 4.78 is 10.4. The van der Waals surface area contributed by atoms with Crippen molar-refractivity contribution in [3.05, 3.63) is 12.2 Å². The minimum Gasteiger partial charge on any atom is -0.443 e. The first kappa shape index (κ1) is 17.5. The molecule has 0 rings (SSSR count). The maximum Gasteiger partial charge on any atom is 0.420 e. The van der Waals surface area contributed by atoms with Gasteiger partial charge in [0.1, 0.15) is 11.2 Å². The van der Waals surface area contributed by atoms with Crippen molar-refractivity contribution in [1.82, 2.24) is 4.90 Å². The van der Waals surface area contributed by atoms with Gasteiger partial charge in [0.15, 0.2) is 0 Å². The van der Waals surface area contributed by atoms with Gasteiger partial charge in [0.25, 0.3) is 0 Å². The van der Waals surface area contributed by atoms with Crippen molar-refractivity contribution in [1.29, 1.82) is 0 Å². The molecule has 0 aliphatic rings. The summed E-state index contributed by atoms with van der Waals surface area (Å²) in [6.45, 7) is 12.4. The summed E-state index contributed by atoms with van der Waals surface area (Å²) in [5.41, 5.74) is -1.32. The van der Waals surface area contributed by atoms with Crippen molar-refractivity contribution in [2.75, 3.05) is 6.54 Å². The van der Waals surface area contributed by atoms with Crippen molar-refractivity contribution in [3.8, 4) is 0 Å². The van der Waals surface area contributed by atoms with Crippen LogP contribution in [0.3, 0.4) is 0 Å². The molecule has 0 aromatic heterocycles. The van der Waals surface area contributed by atoms with Crippen LogP contribution in [-0.2, 0) is 9.47 Å². The van der Waals surface area contributed by atoms with Crippen LogP contribution in [0.25, 0.3) is 0 Å². The molecule has 0 aliphatic carbocycles. The highest BCUT2D eigenvalue weighted by molar-refractivity contribution is 5.88. The van der Waals surface area contributed by atoms with E-state index in [-0.39, 0.29) is 6.54 Å². The summed E-state index contributed by atoms with van der Waals surface area (Å²) in [6, 6.07) is 0. The highest BCUT2D eigenvalue weighted by Crippen LogP contribution is 2.14. The highest BCUT2D eigenvalue weighted by Gasteiger charge is 2.30. The molecule has 2 amide bonds. The van der Waals surface area contributed by atoms with Gasteiger partial charge < -0.3 is 9.47 Å². The average molecular weight is 271 g/mol. The van der Waals surface area contributed by atoms with Crippen LogP contribution >= 0.6 is 0 Å². The molecule has 0 fully saturated rings. The molecule has 0 radical (unpaired) electrons. The van der Waals surface area contributed by atoms with Gasteiger partial charge in [-0.05, 0) is 48.5 Å². The van der Waals surface area contributed by atoms with Crippen LogP contribution in [0.5, 0.6) is 0 Å². The van der Waals surface area contributed by atoms with Crippen molar-refractivity contribution < 1.29 is 19.1 Å². The monoisotopic (exact) mass is 271 g/mol. The largest absolute Gasteiger partial charge is 0.443 e. The fraction of sp³-hybridized carbons (Fsp3) is 0.714. The van der Waals surface area contributed by atoms with Gasteiger partial charge in [-0.15, -0.1) is 0 Å². The van der Waals surface area contributed by atoms with Crippen molar-refractivity contribution in [2.24, 2.45) is 0 Å². The van der Waals surface area contributed by atoms with E-state index < -0.39 is 23.4 Å². The first-order valence-electron chi connectivity index (χ1n) is 6.31. The molecule has 0 aliphatic heterocycles. The number of hydrogen-bond acceptors (Lipinski definition) is 4. The molecule has 110 valence electrons. The van der Waals surface area contributed by atoms with Crippen LogP contribution in [0.4, 0.5) is 9.59 Å². The Bertz CT molecular complexity index is 319. The molecule has 0 saturated heterocycles. The van der Waals surface area contributed by atoms with Gasteiger partial charge in [-0.2, -0.15) is 0 Å². The van der Waals surface area contributed by atoms with Crippen LogP contribution in [0.2, 0.25) is 0 Å².